The molecule has 10 nitrogen and oxygen atoms in total. The van der Waals surface area contributed by atoms with Crippen LogP contribution in [0, 0.1) is 0 Å². The third-order valence-corrected chi connectivity index (χ3v) is 9.92. The minimum Gasteiger partial charge on any atom is -0.488 e. The number of carbonyl (C=O) groups excluding carboxylic acids is 4. The third-order valence-electron chi connectivity index (χ3n) is 8.22. The van der Waals surface area contributed by atoms with Gasteiger partial charge in [0, 0.05) is 39.6 Å². The summed E-state index contributed by atoms with van der Waals surface area (Å²) >= 11 is 0. The molecule has 12 heteroatoms. The Morgan fingerprint density at radius 3 is 2.49 bits per heavy atom. The summed E-state index contributed by atoms with van der Waals surface area (Å²) in [6.07, 6.45) is -2.07. The lowest BCUT2D eigenvalue weighted by Crippen LogP contribution is -2.62. The Labute approximate surface area is 254 Å². The normalized spacial score (nSPS) is 24.3. The third kappa shape index (κ3) is 7.57. The first-order valence-electron chi connectivity index (χ1n) is 15.0. The molecule has 3 heterocycles. The van der Waals surface area contributed by atoms with Crippen molar-refractivity contribution in [2.75, 3.05) is 19.9 Å². The van der Waals surface area contributed by atoms with Crippen LogP contribution in [0.15, 0.2) is 18.2 Å². The number of alkyl halides is 1. The molecule has 43 heavy (non-hydrogen) atoms. The van der Waals surface area contributed by atoms with Crippen LogP contribution in [0.2, 0.25) is 25.7 Å². The molecule has 0 radical (unpaired) electrons. The van der Waals surface area contributed by atoms with Crippen molar-refractivity contribution in [3.05, 3.63) is 29.3 Å². The van der Waals surface area contributed by atoms with Gasteiger partial charge in [-0.25, -0.2) is 9.18 Å². The number of rotatable bonds is 8. The zero-order valence-electron chi connectivity index (χ0n) is 26.7. The van der Waals surface area contributed by atoms with Gasteiger partial charge in [0.25, 0.3) is 11.8 Å². The molecule has 0 saturated carbocycles. The average molecular weight is 620 g/mol. The summed E-state index contributed by atoms with van der Waals surface area (Å²) in [6.45, 7) is 16.0. The molecule has 2 saturated heterocycles. The minimum absolute atomic E-state index is 0.0922. The molecule has 1 aromatic carbocycles. The molecule has 0 spiro atoms. The van der Waals surface area contributed by atoms with E-state index in [1.54, 1.807) is 52.8 Å². The standard InChI is InChI=1S/C31H46FN3O7Si/c1-30(2,3)42-29(39)35-18-22(16-25(32)31(35,4)5)41-21-9-10-23-20(15-21)17-33(27(23)37)24-11-12-26(36)34(28(24)38)19-40-13-14-43(6,7)8/h9-10,15,22,24-25H,11-14,16-19H2,1-8H3. The number of carbonyl (C=O) groups is 4. The van der Waals surface area contributed by atoms with E-state index >= 15 is 4.39 Å². The molecule has 238 valence electrons. The van der Waals surface area contributed by atoms with Gasteiger partial charge in [0.05, 0.1) is 12.1 Å². The van der Waals surface area contributed by atoms with Gasteiger partial charge in [-0.05, 0) is 70.8 Å². The number of halogens is 1. The van der Waals surface area contributed by atoms with E-state index in [4.69, 9.17) is 14.2 Å². The molecule has 0 N–H and O–H groups in total. The van der Waals surface area contributed by atoms with Gasteiger partial charge in [0.1, 0.15) is 36.4 Å². The molecule has 3 unspecified atom stereocenters. The number of imide groups is 1. The second-order valence-electron chi connectivity index (χ2n) is 14.5. The van der Waals surface area contributed by atoms with Crippen molar-refractivity contribution in [1.82, 2.24) is 14.7 Å². The smallest absolute Gasteiger partial charge is 0.410 e. The Morgan fingerprint density at radius 2 is 1.84 bits per heavy atom. The minimum atomic E-state index is -1.34. The van der Waals surface area contributed by atoms with Gasteiger partial charge in [-0.1, -0.05) is 19.6 Å². The maximum atomic E-state index is 15.3. The van der Waals surface area contributed by atoms with E-state index < -0.39 is 49.5 Å². The molecular weight excluding hydrogens is 573 g/mol. The van der Waals surface area contributed by atoms with Crippen molar-refractivity contribution in [1.29, 1.82) is 0 Å². The monoisotopic (exact) mass is 619 g/mol. The lowest BCUT2D eigenvalue weighted by Gasteiger charge is -2.47. The van der Waals surface area contributed by atoms with E-state index in [1.807, 2.05) is 0 Å². The number of benzene rings is 1. The fourth-order valence-corrected chi connectivity index (χ4v) is 6.29. The van der Waals surface area contributed by atoms with E-state index in [0.29, 0.717) is 23.5 Å². The number of likely N-dealkylation sites (tertiary alicyclic amines) is 2. The van der Waals surface area contributed by atoms with Crippen molar-refractivity contribution >= 4 is 31.9 Å². The van der Waals surface area contributed by atoms with E-state index in [9.17, 15) is 19.2 Å². The number of piperidine rings is 2. The van der Waals surface area contributed by atoms with Crippen LogP contribution >= 0.6 is 0 Å². The largest absolute Gasteiger partial charge is 0.488 e. The predicted octanol–water partition coefficient (Wildman–Crippen LogP) is 4.98. The van der Waals surface area contributed by atoms with Gasteiger partial charge in [-0.15, -0.1) is 0 Å². The van der Waals surface area contributed by atoms with Crippen LogP contribution in [0.1, 0.15) is 69.8 Å². The maximum absolute atomic E-state index is 15.3. The summed E-state index contributed by atoms with van der Waals surface area (Å²) in [7, 11) is -1.32. The highest BCUT2D eigenvalue weighted by atomic mass is 28.3. The number of ether oxygens (including phenoxy) is 3. The van der Waals surface area contributed by atoms with Crippen molar-refractivity contribution in [3.63, 3.8) is 0 Å². The molecule has 4 amide bonds. The first kappa shape index (κ1) is 32.9. The first-order valence-corrected chi connectivity index (χ1v) is 18.8. The van der Waals surface area contributed by atoms with Gasteiger partial charge in [0.2, 0.25) is 5.91 Å². The summed E-state index contributed by atoms with van der Waals surface area (Å²) in [6, 6.07) is 5.18. The second-order valence-corrected chi connectivity index (χ2v) is 20.1. The van der Waals surface area contributed by atoms with Crippen LogP contribution in [0.4, 0.5) is 9.18 Å². The Kier molecular flexibility index (Phi) is 9.32. The summed E-state index contributed by atoms with van der Waals surface area (Å²) in [4.78, 5) is 56.1. The van der Waals surface area contributed by atoms with Crippen LogP contribution < -0.4 is 4.74 Å². The fourth-order valence-electron chi connectivity index (χ4n) is 5.53. The van der Waals surface area contributed by atoms with Crippen LogP contribution in [-0.4, -0.2) is 95.9 Å². The average Bonchev–Trinajstić information content (AvgIpc) is 3.19. The number of hydrogen-bond acceptors (Lipinski definition) is 7. The molecule has 2 fully saturated rings. The van der Waals surface area contributed by atoms with Gasteiger partial charge in [-0.2, -0.15) is 0 Å². The van der Waals surface area contributed by atoms with Crippen LogP contribution in [0.3, 0.4) is 0 Å². The molecule has 0 bridgehead atoms. The number of hydrogen-bond donors (Lipinski definition) is 0. The maximum Gasteiger partial charge on any atom is 0.410 e. The highest BCUT2D eigenvalue weighted by molar-refractivity contribution is 6.76. The molecule has 3 aliphatic rings. The van der Waals surface area contributed by atoms with E-state index in [0.717, 1.165) is 10.9 Å². The first-order chi connectivity index (χ1) is 19.9. The topological polar surface area (TPSA) is 106 Å². The highest BCUT2D eigenvalue weighted by Gasteiger charge is 2.48. The molecule has 1 aromatic rings. The number of fused-ring (bicyclic) bond motifs is 1. The van der Waals surface area contributed by atoms with Crippen molar-refractivity contribution in [3.8, 4) is 5.75 Å². The van der Waals surface area contributed by atoms with Gasteiger partial charge in [-0.3, -0.25) is 24.2 Å². The Balaban J connectivity index is 1.42. The van der Waals surface area contributed by atoms with Crippen molar-refractivity contribution in [2.45, 2.75) is 116 Å². The summed E-state index contributed by atoms with van der Waals surface area (Å²) in [5.41, 5.74) is -0.648. The van der Waals surface area contributed by atoms with Gasteiger partial charge in [0.15, 0.2) is 0 Å². The zero-order chi connectivity index (χ0) is 31.9. The lowest BCUT2D eigenvalue weighted by atomic mass is 9.87. The fraction of sp³-hybridized carbons (Fsp3) is 0.677. The van der Waals surface area contributed by atoms with Gasteiger partial charge >= 0.3 is 6.09 Å². The Bertz CT molecular complexity index is 1260. The van der Waals surface area contributed by atoms with Crippen LogP contribution in [-0.2, 0) is 25.6 Å². The molecular formula is C31H46FN3O7Si. The van der Waals surface area contributed by atoms with Gasteiger partial charge < -0.3 is 19.1 Å². The molecule has 0 aliphatic carbocycles. The molecule has 4 rings (SSSR count). The summed E-state index contributed by atoms with van der Waals surface area (Å²) in [5, 5.41) is 0. The van der Waals surface area contributed by atoms with E-state index in [1.165, 1.54) is 9.80 Å². The van der Waals surface area contributed by atoms with E-state index in [-0.39, 0.29) is 50.9 Å². The van der Waals surface area contributed by atoms with Crippen LogP contribution in [0.25, 0.3) is 0 Å². The summed E-state index contributed by atoms with van der Waals surface area (Å²) in [5.74, 6) is -0.565. The molecule has 0 aromatic heterocycles. The highest BCUT2D eigenvalue weighted by Crippen LogP contribution is 2.35. The molecule has 3 atom stereocenters. The SMILES string of the molecule is CC(C)(C)OC(=O)N1CC(Oc2ccc3c(c2)CN(C2CCC(=O)N(COCC[Si](C)(C)C)C2=O)C3=O)CC(F)C1(C)C. The Morgan fingerprint density at radius 1 is 1.14 bits per heavy atom. The molecule has 3 aliphatic heterocycles. The second kappa shape index (κ2) is 12.2. The van der Waals surface area contributed by atoms with Crippen LogP contribution in [0.5, 0.6) is 5.75 Å². The zero-order valence-corrected chi connectivity index (χ0v) is 27.7. The predicted molar refractivity (Wildman–Crippen MR) is 161 cm³/mol. The van der Waals surface area contributed by atoms with E-state index in [2.05, 4.69) is 19.6 Å². The quantitative estimate of drug-likeness (QED) is 0.230. The summed E-state index contributed by atoms with van der Waals surface area (Å²) < 4.78 is 32.6. The lowest BCUT2D eigenvalue weighted by molar-refractivity contribution is -0.158. The Hall–Kier alpha value is -2.99. The van der Waals surface area contributed by atoms with Crippen molar-refractivity contribution in [2.24, 2.45) is 0 Å². The number of amides is 4. The van der Waals surface area contributed by atoms with Crippen molar-refractivity contribution < 1.29 is 37.8 Å². The number of nitrogens with zero attached hydrogens (tertiary/aromatic N) is 3.